The summed E-state index contributed by atoms with van der Waals surface area (Å²) in [5, 5.41) is 0. The molecule has 0 fully saturated rings. The zero-order chi connectivity index (χ0) is 5.70. The van der Waals surface area contributed by atoms with Crippen LogP contribution in [0.1, 0.15) is 13.8 Å². The standard InChI is InChI=1S/C3H8N2OS.CH4/c4-5-3(6)1-2-7;/h7H,1-2,4H2,(H,5,6);1H4. The van der Waals surface area contributed by atoms with Crippen molar-refractivity contribution in [1.29, 1.82) is 0 Å². The fraction of sp³-hybridized carbons (Fsp3) is 0.750. The van der Waals surface area contributed by atoms with E-state index in [4.69, 9.17) is 5.84 Å². The molecule has 8 heavy (non-hydrogen) atoms. The molecule has 0 rings (SSSR count). The number of hydrogen-bond donors (Lipinski definition) is 3. The van der Waals surface area contributed by atoms with Crippen molar-refractivity contribution in [3.05, 3.63) is 0 Å². The summed E-state index contributed by atoms with van der Waals surface area (Å²) < 4.78 is 0. The highest BCUT2D eigenvalue weighted by molar-refractivity contribution is 7.80. The van der Waals surface area contributed by atoms with Gasteiger partial charge in [0.1, 0.15) is 0 Å². The van der Waals surface area contributed by atoms with E-state index in [1.165, 1.54) is 0 Å². The maximum atomic E-state index is 10.1. The molecule has 0 aliphatic heterocycles. The van der Waals surface area contributed by atoms with Gasteiger partial charge in [-0.2, -0.15) is 12.6 Å². The first-order chi connectivity index (χ1) is 3.31. The van der Waals surface area contributed by atoms with Gasteiger partial charge < -0.3 is 0 Å². The predicted octanol–water partition coefficient (Wildman–Crippen LogP) is -0.0677. The molecule has 0 aromatic carbocycles. The van der Waals surface area contributed by atoms with Crippen molar-refractivity contribution in [2.75, 3.05) is 5.75 Å². The average molecular weight is 136 g/mol. The number of nitrogens with two attached hydrogens (primary N) is 1. The van der Waals surface area contributed by atoms with Crippen molar-refractivity contribution in [3.8, 4) is 0 Å². The minimum Gasteiger partial charge on any atom is -0.294 e. The van der Waals surface area contributed by atoms with Crippen LogP contribution in [0, 0.1) is 0 Å². The lowest BCUT2D eigenvalue weighted by Crippen LogP contribution is -2.29. The summed E-state index contributed by atoms with van der Waals surface area (Å²) >= 11 is 3.80. The van der Waals surface area contributed by atoms with Crippen molar-refractivity contribution >= 4 is 18.5 Å². The number of rotatable bonds is 2. The third-order valence-electron chi connectivity index (χ3n) is 0.500. The summed E-state index contributed by atoms with van der Waals surface area (Å²) in [5.74, 6) is 5.10. The highest BCUT2D eigenvalue weighted by atomic mass is 32.1. The van der Waals surface area contributed by atoms with Gasteiger partial charge in [0.2, 0.25) is 5.91 Å². The number of hydrazine groups is 1. The normalized spacial score (nSPS) is 7.25. The molecule has 0 aromatic heterocycles. The summed E-state index contributed by atoms with van der Waals surface area (Å²) in [5.41, 5.74) is 1.98. The van der Waals surface area contributed by atoms with Gasteiger partial charge in [0.05, 0.1) is 0 Å². The van der Waals surface area contributed by atoms with Crippen LogP contribution in [0.2, 0.25) is 0 Å². The molecule has 0 heterocycles. The molecule has 0 saturated carbocycles. The van der Waals surface area contributed by atoms with Crippen LogP contribution in [-0.4, -0.2) is 11.7 Å². The predicted molar refractivity (Wildman–Crippen MR) is 37.5 cm³/mol. The van der Waals surface area contributed by atoms with E-state index in [1.54, 1.807) is 0 Å². The van der Waals surface area contributed by atoms with Gasteiger partial charge in [-0.05, 0) is 5.75 Å². The van der Waals surface area contributed by atoms with Crippen LogP contribution in [0.4, 0.5) is 0 Å². The minimum atomic E-state index is -0.171. The van der Waals surface area contributed by atoms with Gasteiger partial charge >= 0.3 is 0 Å². The van der Waals surface area contributed by atoms with E-state index in [0.29, 0.717) is 12.2 Å². The van der Waals surface area contributed by atoms with E-state index >= 15 is 0 Å². The Morgan fingerprint density at radius 2 is 2.25 bits per heavy atom. The van der Waals surface area contributed by atoms with Gasteiger partial charge in [-0.3, -0.25) is 10.2 Å². The minimum absolute atomic E-state index is 0. The largest absolute Gasteiger partial charge is 0.294 e. The fourth-order valence-electron chi connectivity index (χ4n) is 0.174. The third-order valence-corrected chi connectivity index (χ3v) is 0.723. The first-order valence-corrected chi connectivity index (χ1v) is 2.55. The number of nitrogens with one attached hydrogen (secondary N) is 1. The number of amides is 1. The monoisotopic (exact) mass is 136 g/mol. The molecule has 0 saturated heterocycles. The maximum Gasteiger partial charge on any atom is 0.234 e. The average Bonchev–Trinajstić information content (AvgIpc) is 1.68. The van der Waals surface area contributed by atoms with Crippen molar-refractivity contribution in [3.63, 3.8) is 0 Å². The van der Waals surface area contributed by atoms with Crippen molar-refractivity contribution in [1.82, 2.24) is 5.43 Å². The number of carbonyl (C=O) groups excluding carboxylic acids is 1. The molecule has 0 aromatic rings. The smallest absolute Gasteiger partial charge is 0.234 e. The Kier molecular flexibility index (Phi) is 9.07. The van der Waals surface area contributed by atoms with Crippen LogP contribution < -0.4 is 11.3 Å². The Morgan fingerprint density at radius 1 is 1.75 bits per heavy atom. The Morgan fingerprint density at radius 3 is 2.38 bits per heavy atom. The summed E-state index contributed by atoms with van der Waals surface area (Å²) in [6.07, 6.45) is 0.389. The maximum absolute atomic E-state index is 10.1. The van der Waals surface area contributed by atoms with Crippen LogP contribution in [0.25, 0.3) is 0 Å². The van der Waals surface area contributed by atoms with Gasteiger partial charge in [-0.1, -0.05) is 7.43 Å². The zero-order valence-corrected chi connectivity index (χ0v) is 4.74. The molecule has 0 unspecified atom stereocenters. The molecular formula is C4H12N2OS. The van der Waals surface area contributed by atoms with E-state index in [0.717, 1.165) is 0 Å². The van der Waals surface area contributed by atoms with Crippen molar-refractivity contribution < 1.29 is 4.79 Å². The Bertz CT molecular complexity index is 67.1. The lowest BCUT2D eigenvalue weighted by atomic mass is 10.5. The van der Waals surface area contributed by atoms with Crippen LogP contribution >= 0.6 is 12.6 Å². The van der Waals surface area contributed by atoms with Crippen LogP contribution in [-0.2, 0) is 4.79 Å². The molecule has 50 valence electrons. The molecule has 3 nitrogen and oxygen atoms in total. The molecule has 3 N–H and O–H groups in total. The van der Waals surface area contributed by atoms with Gasteiger partial charge in [0, 0.05) is 6.42 Å². The highest BCUT2D eigenvalue weighted by Crippen LogP contribution is 1.79. The van der Waals surface area contributed by atoms with Gasteiger partial charge in [-0.25, -0.2) is 5.84 Å². The van der Waals surface area contributed by atoms with E-state index in [2.05, 4.69) is 12.6 Å². The number of carbonyl (C=O) groups is 1. The second-order valence-electron chi connectivity index (χ2n) is 1.04. The first-order valence-electron chi connectivity index (χ1n) is 1.91. The SMILES string of the molecule is C.NNC(=O)CCS. The third kappa shape index (κ3) is 5.78. The second kappa shape index (κ2) is 6.78. The number of hydrogen-bond acceptors (Lipinski definition) is 3. The first kappa shape index (κ1) is 10.7. The van der Waals surface area contributed by atoms with E-state index in [-0.39, 0.29) is 13.3 Å². The summed E-state index contributed by atoms with van der Waals surface area (Å²) in [6.45, 7) is 0. The lowest BCUT2D eigenvalue weighted by Gasteiger charge is -1.90. The Hall–Kier alpha value is -0.220. The zero-order valence-electron chi connectivity index (χ0n) is 3.85. The highest BCUT2D eigenvalue weighted by Gasteiger charge is 1.90. The molecule has 0 aliphatic carbocycles. The van der Waals surface area contributed by atoms with E-state index in [1.807, 2.05) is 5.43 Å². The topological polar surface area (TPSA) is 55.1 Å². The molecule has 1 amide bonds. The Balaban J connectivity index is 0. The van der Waals surface area contributed by atoms with Gasteiger partial charge in [-0.15, -0.1) is 0 Å². The molecule has 0 atom stereocenters. The number of thiol groups is 1. The molecule has 0 bridgehead atoms. The Labute approximate surface area is 55.0 Å². The van der Waals surface area contributed by atoms with Crippen LogP contribution in [0.5, 0.6) is 0 Å². The molecular weight excluding hydrogens is 124 g/mol. The lowest BCUT2D eigenvalue weighted by molar-refractivity contribution is -0.120. The molecule has 0 radical (unpaired) electrons. The molecule has 0 spiro atoms. The van der Waals surface area contributed by atoms with Crippen molar-refractivity contribution in [2.45, 2.75) is 13.8 Å². The van der Waals surface area contributed by atoms with Crippen LogP contribution in [0.3, 0.4) is 0 Å². The molecule has 0 aliphatic rings. The second-order valence-corrected chi connectivity index (χ2v) is 1.49. The van der Waals surface area contributed by atoms with Crippen molar-refractivity contribution in [2.24, 2.45) is 5.84 Å². The summed E-state index contributed by atoms with van der Waals surface area (Å²) in [7, 11) is 0. The van der Waals surface area contributed by atoms with E-state index < -0.39 is 0 Å². The van der Waals surface area contributed by atoms with Gasteiger partial charge in [0.25, 0.3) is 0 Å². The fourth-order valence-corrected chi connectivity index (χ4v) is 0.377. The van der Waals surface area contributed by atoms with E-state index in [9.17, 15) is 4.79 Å². The quantitative estimate of drug-likeness (QED) is 0.215. The van der Waals surface area contributed by atoms with Crippen LogP contribution in [0.15, 0.2) is 0 Å². The summed E-state index contributed by atoms with van der Waals surface area (Å²) in [6, 6.07) is 0. The van der Waals surface area contributed by atoms with Gasteiger partial charge in [0.15, 0.2) is 0 Å². The molecule has 4 heteroatoms. The summed E-state index contributed by atoms with van der Waals surface area (Å²) in [4.78, 5) is 10.1.